The molecule has 106 valence electrons. The maximum absolute atomic E-state index is 6.03. The Morgan fingerprint density at radius 1 is 1.20 bits per heavy atom. The van der Waals surface area contributed by atoms with Crippen LogP contribution in [0.3, 0.4) is 0 Å². The third-order valence-electron chi connectivity index (χ3n) is 3.06. The highest BCUT2D eigenvalue weighted by molar-refractivity contribution is 6.42. The fraction of sp³-hybridized carbons (Fsp3) is 0.214. The predicted molar refractivity (Wildman–Crippen MR) is 85.6 cm³/mol. The minimum Gasteiger partial charge on any atom is -0.383 e. The summed E-state index contributed by atoms with van der Waals surface area (Å²) in [5.41, 5.74) is 7.84. The number of hydrogen-bond acceptors (Lipinski definition) is 3. The molecule has 0 aliphatic carbocycles. The second-order valence-electron chi connectivity index (χ2n) is 4.42. The number of halogens is 3. The van der Waals surface area contributed by atoms with E-state index in [0.29, 0.717) is 27.3 Å². The summed E-state index contributed by atoms with van der Waals surface area (Å²) in [6, 6.07) is 7.39. The van der Waals surface area contributed by atoms with Crippen LogP contribution in [0, 0.1) is 0 Å². The Bertz CT molecular complexity index is 617. The molecule has 3 N–H and O–H groups in total. The van der Waals surface area contributed by atoms with Gasteiger partial charge in [-0.2, -0.15) is 0 Å². The van der Waals surface area contributed by atoms with Crippen LogP contribution in [-0.4, -0.2) is 12.0 Å². The molecule has 0 saturated heterocycles. The van der Waals surface area contributed by atoms with Gasteiger partial charge in [0.1, 0.15) is 5.82 Å². The first kappa shape index (κ1) is 15.4. The number of benzene rings is 1. The summed E-state index contributed by atoms with van der Waals surface area (Å²) in [7, 11) is 1.86. The molecule has 0 spiro atoms. The zero-order valence-corrected chi connectivity index (χ0v) is 13.1. The standard InChI is InChI=1S/C14H14Cl3N3/c1-19-13(10-6-9(15)7-20-14(10)18)5-8-2-3-11(16)12(17)4-8/h2-4,6-7,13,19H,5H2,1H3,(H2,18,20). The zero-order chi connectivity index (χ0) is 14.7. The molecule has 1 heterocycles. The van der Waals surface area contributed by atoms with Gasteiger partial charge < -0.3 is 11.1 Å². The van der Waals surface area contributed by atoms with E-state index in [1.54, 1.807) is 6.07 Å². The summed E-state index contributed by atoms with van der Waals surface area (Å²) >= 11 is 17.9. The van der Waals surface area contributed by atoms with Gasteiger partial charge >= 0.3 is 0 Å². The molecule has 0 bridgehead atoms. The van der Waals surface area contributed by atoms with Crippen LogP contribution in [-0.2, 0) is 6.42 Å². The average molecular weight is 331 g/mol. The molecule has 6 heteroatoms. The molecular weight excluding hydrogens is 317 g/mol. The van der Waals surface area contributed by atoms with E-state index in [1.807, 2.05) is 25.2 Å². The molecule has 2 rings (SSSR count). The van der Waals surface area contributed by atoms with Crippen LogP contribution in [0.5, 0.6) is 0 Å². The molecular formula is C14H14Cl3N3. The number of rotatable bonds is 4. The van der Waals surface area contributed by atoms with Crippen LogP contribution in [0.25, 0.3) is 0 Å². The summed E-state index contributed by atoms with van der Waals surface area (Å²) in [5.74, 6) is 0.466. The van der Waals surface area contributed by atoms with Gasteiger partial charge in [0.05, 0.1) is 15.1 Å². The van der Waals surface area contributed by atoms with E-state index in [9.17, 15) is 0 Å². The molecule has 1 unspecified atom stereocenters. The summed E-state index contributed by atoms with van der Waals surface area (Å²) < 4.78 is 0. The minimum atomic E-state index is -0.00144. The van der Waals surface area contributed by atoms with Crippen molar-refractivity contribution >= 4 is 40.6 Å². The number of aromatic nitrogens is 1. The van der Waals surface area contributed by atoms with E-state index in [2.05, 4.69) is 10.3 Å². The molecule has 20 heavy (non-hydrogen) atoms. The maximum Gasteiger partial charge on any atom is 0.128 e. The first-order valence-electron chi connectivity index (χ1n) is 6.03. The highest BCUT2D eigenvalue weighted by Gasteiger charge is 2.15. The Morgan fingerprint density at radius 3 is 2.60 bits per heavy atom. The molecule has 0 radical (unpaired) electrons. The molecule has 1 aromatic heterocycles. The molecule has 0 aliphatic heterocycles. The van der Waals surface area contributed by atoms with Crippen LogP contribution in [0.4, 0.5) is 5.82 Å². The van der Waals surface area contributed by atoms with Crippen molar-refractivity contribution in [1.82, 2.24) is 10.3 Å². The smallest absolute Gasteiger partial charge is 0.128 e. The quantitative estimate of drug-likeness (QED) is 0.886. The van der Waals surface area contributed by atoms with Crippen molar-refractivity contribution in [2.45, 2.75) is 12.5 Å². The van der Waals surface area contributed by atoms with Gasteiger partial charge in [0.2, 0.25) is 0 Å². The van der Waals surface area contributed by atoms with Gasteiger partial charge in [-0.15, -0.1) is 0 Å². The average Bonchev–Trinajstić information content (AvgIpc) is 2.43. The molecule has 2 aromatic rings. The highest BCUT2D eigenvalue weighted by atomic mass is 35.5. The van der Waals surface area contributed by atoms with Gasteiger partial charge in [-0.05, 0) is 37.2 Å². The van der Waals surface area contributed by atoms with Crippen molar-refractivity contribution in [3.63, 3.8) is 0 Å². The van der Waals surface area contributed by atoms with E-state index >= 15 is 0 Å². The number of pyridine rings is 1. The van der Waals surface area contributed by atoms with E-state index in [0.717, 1.165) is 11.1 Å². The largest absolute Gasteiger partial charge is 0.383 e. The lowest BCUT2D eigenvalue weighted by molar-refractivity contribution is 0.592. The number of nitrogens with zero attached hydrogens (tertiary/aromatic N) is 1. The Hall–Kier alpha value is -1.00. The fourth-order valence-corrected chi connectivity index (χ4v) is 2.50. The number of nitrogens with two attached hydrogens (primary N) is 1. The molecule has 0 fully saturated rings. The molecule has 0 saturated carbocycles. The lowest BCUT2D eigenvalue weighted by Gasteiger charge is -2.18. The third kappa shape index (κ3) is 3.55. The molecule has 0 amide bonds. The van der Waals surface area contributed by atoms with Gasteiger partial charge in [0.25, 0.3) is 0 Å². The van der Waals surface area contributed by atoms with Crippen LogP contribution >= 0.6 is 34.8 Å². The highest BCUT2D eigenvalue weighted by Crippen LogP contribution is 2.28. The van der Waals surface area contributed by atoms with Crippen molar-refractivity contribution in [3.8, 4) is 0 Å². The Labute approximate surface area is 133 Å². The number of nitrogen functional groups attached to an aromatic ring is 1. The topological polar surface area (TPSA) is 50.9 Å². The van der Waals surface area contributed by atoms with E-state index in [4.69, 9.17) is 40.5 Å². The van der Waals surface area contributed by atoms with Gasteiger partial charge in [0, 0.05) is 17.8 Å². The van der Waals surface area contributed by atoms with Gasteiger partial charge in [0.15, 0.2) is 0 Å². The van der Waals surface area contributed by atoms with Crippen LogP contribution in [0.1, 0.15) is 17.2 Å². The summed E-state index contributed by atoms with van der Waals surface area (Å²) in [5, 5.41) is 4.85. The molecule has 1 atom stereocenters. The lowest BCUT2D eigenvalue weighted by Crippen LogP contribution is -2.20. The van der Waals surface area contributed by atoms with Crippen molar-refractivity contribution in [2.24, 2.45) is 0 Å². The van der Waals surface area contributed by atoms with Crippen LogP contribution in [0.15, 0.2) is 30.5 Å². The third-order valence-corrected chi connectivity index (χ3v) is 4.01. The van der Waals surface area contributed by atoms with Gasteiger partial charge in [-0.1, -0.05) is 40.9 Å². The maximum atomic E-state index is 6.03. The summed E-state index contributed by atoms with van der Waals surface area (Å²) in [6.45, 7) is 0. The van der Waals surface area contributed by atoms with E-state index < -0.39 is 0 Å². The monoisotopic (exact) mass is 329 g/mol. The van der Waals surface area contributed by atoms with Crippen LogP contribution < -0.4 is 11.1 Å². The second-order valence-corrected chi connectivity index (χ2v) is 5.67. The predicted octanol–water partition coefficient (Wildman–Crippen LogP) is 4.13. The summed E-state index contributed by atoms with van der Waals surface area (Å²) in [6.07, 6.45) is 2.24. The van der Waals surface area contributed by atoms with Crippen LogP contribution in [0.2, 0.25) is 15.1 Å². The summed E-state index contributed by atoms with van der Waals surface area (Å²) in [4.78, 5) is 4.08. The Kier molecular flexibility index (Phi) is 5.11. The first-order chi connectivity index (χ1) is 9.51. The fourth-order valence-electron chi connectivity index (χ4n) is 2.01. The molecule has 3 nitrogen and oxygen atoms in total. The van der Waals surface area contributed by atoms with Crippen molar-refractivity contribution in [2.75, 3.05) is 12.8 Å². The second kappa shape index (κ2) is 6.64. The van der Waals surface area contributed by atoms with E-state index in [-0.39, 0.29) is 6.04 Å². The van der Waals surface area contributed by atoms with Crippen molar-refractivity contribution in [1.29, 1.82) is 0 Å². The Morgan fingerprint density at radius 2 is 1.95 bits per heavy atom. The minimum absolute atomic E-state index is 0.00144. The normalized spacial score (nSPS) is 12.4. The first-order valence-corrected chi connectivity index (χ1v) is 7.16. The number of nitrogens with one attached hydrogen (secondary N) is 1. The lowest BCUT2D eigenvalue weighted by atomic mass is 9.99. The number of hydrogen-bond donors (Lipinski definition) is 2. The zero-order valence-electron chi connectivity index (χ0n) is 10.8. The Balaban J connectivity index is 2.28. The van der Waals surface area contributed by atoms with Crippen molar-refractivity contribution < 1.29 is 0 Å². The molecule has 1 aromatic carbocycles. The van der Waals surface area contributed by atoms with Gasteiger partial charge in [-0.25, -0.2) is 4.98 Å². The number of anilines is 1. The number of likely N-dealkylation sites (N-methyl/N-ethyl adjacent to an activating group) is 1. The van der Waals surface area contributed by atoms with E-state index in [1.165, 1.54) is 6.20 Å². The molecule has 0 aliphatic rings. The SMILES string of the molecule is CNC(Cc1ccc(Cl)c(Cl)c1)c1cc(Cl)cnc1N. The van der Waals surface area contributed by atoms with Crippen molar-refractivity contribution in [3.05, 3.63) is 56.7 Å². The van der Waals surface area contributed by atoms with Gasteiger partial charge in [-0.3, -0.25) is 0 Å².